The summed E-state index contributed by atoms with van der Waals surface area (Å²) in [5.41, 5.74) is 1.53. The smallest absolute Gasteiger partial charge is 0.363 e. The van der Waals surface area contributed by atoms with Crippen molar-refractivity contribution < 1.29 is 9.66 Å². The predicted molar refractivity (Wildman–Crippen MR) is 58.6 cm³/mol. The van der Waals surface area contributed by atoms with Gasteiger partial charge in [0.2, 0.25) is 5.88 Å². The third-order valence-corrected chi connectivity index (χ3v) is 2.59. The first-order valence-corrected chi connectivity index (χ1v) is 5.15. The average molecular weight is 237 g/mol. The van der Waals surface area contributed by atoms with Gasteiger partial charge in [0.1, 0.15) is 6.20 Å². The highest BCUT2D eigenvalue weighted by atomic mass is 32.1. The highest BCUT2D eigenvalue weighted by Crippen LogP contribution is 2.30. The van der Waals surface area contributed by atoms with Gasteiger partial charge in [-0.2, -0.15) is 4.37 Å². The molecule has 0 saturated heterocycles. The number of pyridine rings is 1. The fraction of sp³-hybridized carbons (Fsp3) is 0.111. The molecule has 2 aromatic rings. The fourth-order valence-electron chi connectivity index (χ4n) is 1.22. The summed E-state index contributed by atoms with van der Waals surface area (Å²) >= 11 is 1.26. The maximum absolute atomic E-state index is 10.4. The number of rotatable bonds is 3. The van der Waals surface area contributed by atoms with E-state index in [1.807, 2.05) is 5.38 Å². The van der Waals surface area contributed by atoms with E-state index in [0.29, 0.717) is 5.88 Å². The van der Waals surface area contributed by atoms with E-state index in [-0.39, 0.29) is 5.82 Å². The van der Waals surface area contributed by atoms with Crippen molar-refractivity contribution >= 4 is 17.4 Å². The van der Waals surface area contributed by atoms with Crippen LogP contribution >= 0.6 is 11.5 Å². The van der Waals surface area contributed by atoms with Crippen LogP contribution in [-0.4, -0.2) is 21.4 Å². The maximum atomic E-state index is 10.4. The van der Waals surface area contributed by atoms with Crippen molar-refractivity contribution in [2.45, 2.75) is 0 Å². The van der Waals surface area contributed by atoms with Gasteiger partial charge in [-0.15, -0.1) is 0 Å². The Hall–Kier alpha value is -2.02. The molecule has 0 spiro atoms. The lowest BCUT2D eigenvalue weighted by Gasteiger charge is -1.98. The van der Waals surface area contributed by atoms with Crippen LogP contribution in [0.1, 0.15) is 0 Å². The van der Waals surface area contributed by atoms with Crippen LogP contribution in [0.2, 0.25) is 0 Å². The van der Waals surface area contributed by atoms with Crippen molar-refractivity contribution in [3.63, 3.8) is 0 Å². The highest BCUT2D eigenvalue weighted by molar-refractivity contribution is 7.04. The fourth-order valence-corrected chi connectivity index (χ4v) is 1.88. The van der Waals surface area contributed by atoms with Crippen LogP contribution < -0.4 is 4.74 Å². The van der Waals surface area contributed by atoms with Crippen LogP contribution in [0.15, 0.2) is 23.7 Å². The molecule has 2 heterocycles. The first kappa shape index (κ1) is 10.5. The van der Waals surface area contributed by atoms with Crippen molar-refractivity contribution in [2.24, 2.45) is 0 Å². The predicted octanol–water partition coefficient (Wildman–Crippen LogP) is 2.12. The van der Waals surface area contributed by atoms with Gasteiger partial charge in [-0.25, -0.2) is 0 Å². The van der Waals surface area contributed by atoms with E-state index in [1.165, 1.54) is 30.9 Å². The summed E-state index contributed by atoms with van der Waals surface area (Å²) in [5, 5.41) is 12.2. The van der Waals surface area contributed by atoms with Crippen LogP contribution in [-0.2, 0) is 0 Å². The average Bonchev–Trinajstić information content (AvgIpc) is 2.77. The summed E-state index contributed by atoms with van der Waals surface area (Å²) in [6.07, 6.45) is 1.43. The molecule has 0 fully saturated rings. The zero-order valence-corrected chi connectivity index (χ0v) is 9.10. The second kappa shape index (κ2) is 4.23. The van der Waals surface area contributed by atoms with Gasteiger partial charge >= 0.3 is 5.82 Å². The third-order valence-electron chi connectivity index (χ3n) is 1.98. The van der Waals surface area contributed by atoms with Crippen LogP contribution in [0.5, 0.6) is 5.88 Å². The van der Waals surface area contributed by atoms with Gasteiger partial charge in [-0.05, 0) is 27.5 Å². The van der Waals surface area contributed by atoms with E-state index in [0.717, 1.165) is 11.1 Å². The van der Waals surface area contributed by atoms with Crippen LogP contribution in [0, 0.1) is 10.1 Å². The monoisotopic (exact) mass is 237 g/mol. The molecule has 0 bridgehead atoms. The minimum absolute atomic E-state index is 0.175. The summed E-state index contributed by atoms with van der Waals surface area (Å²) in [6, 6.07) is 2.98. The molecular formula is C9H7N3O3S. The molecule has 0 aromatic carbocycles. The second-order valence-electron chi connectivity index (χ2n) is 2.90. The molecule has 0 amide bonds. The quantitative estimate of drug-likeness (QED) is 0.603. The van der Waals surface area contributed by atoms with Crippen molar-refractivity contribution in [1.29, 1.82) is 0 Å². The normalized spacial score (nSPS) is 10.1. The first-order valence-electron chi connectivity index (χ1n) is 4.31. The molecule has 0 saturated carbocycles. The zero-order chi connectivity index (χ0) is 11.5. The van der Waals surface area contributed by atoms with Crippen molar-refractivity contribution in [3.8, 4) is 17.0 Å². The number of hydrogen-bond donors (Lipinski definition) is 0. The molecule has 6 nitrogen and oxygen atoms in total. The first-order chi connectivity index (χ1) is 7.72. The van der Waals surface area contributed by atoms with E-state index >= 15 is 0 Å². The molecule has 0 N–H and O–H groups in total. The van der Waals surface area contributed by atoms with Gasteiger partial charge in [0, 0.05) is 17.0 Å². The lowest BCUT2D eigenvalue weighted by Crippen LogP contribution is -1.91. The van der Waals surface area contributed by atoms with Gasteiger partial charge < -0.3 is 14.9 Å². The highest BCUT2D eigenvalue weighted by Gasteiger charge is 2.12. The number of hydrogen-bond acceptors (Lipinski definition) is 6. The van der Waals surface area contributed by atoms with E-state index in [2.05, 4.69) is 9.36 Å². The van der Waals surface area contributed by atoms with Crippen molar-refractivity contribution in [1.82, 2.24) is 9.36 Å². The minimum Gasteiger partial charge on any atom is -0.480 e. The van der Waals surface area contributed by atoms with Crippen LogP contribution in [0.4, 0.5) is 5.82 Å². The Kier molecular flexibility index (Phi) is 2.78. The van der Waals surface area contributed by atoms with E-state index < -0.39 is 4.92 Å². The Labute approximate surface area is 94.8 Å². The second-order valence-corrected chi connectivity index (χ2v) is 3.53. The number of nitro groups is 1. The number of methoxy groups -OCH3 is 1. The Balaban J connectivity index is 2.38. The summed E-state index contributed by atoms with van der Waals surface area (Å²) in [6.45, 7) is 0. The Bertz CT molecular complexity index is 509. The molecule has 0 radical (unpaired) electrons. The standard InChI is InChI=1S/C9H7N3O3S/c1-15-9-7(5-16-11-9)6-2-3-8(10-4-6)12(13)14/h2-5H,1H3. The number of nitrogens with zero attached hydrogens (tertiary/aromatic N) is 3. The Morgan fingerprint density at radius 1 is 1.50 bits per heavy atom. The molecule has 0 unspecified atom stereocenters. The lowest BCUT2D eigenvalue weighted by molar-refractivity contribution is -0.389. The topological polar surface area (TPSA) is 78.2 Å². The minimum atomic E-state index is -0.535. The largest absolute Gasteiger partial charge is 0.480 e. The maximum Gasteiger partial charge on any atom is 0.363 e. The van der Waals surface area contributed by atoms with Crippen LogP contribution in [0.3, 0.4) is 0 Å². The Morgan fingerprint density at radius 2 is 2.31 bits per heavy atom. The number of aromatic nitrogens is 2. The van der Waals surface area contributed by atoms with E-state index in [4.69, 9.17) is 4.74 Å². The molecule has 7 heteroatoms. The van der Waals surface area contributed by atoms with Gasteiger partial charge in [-0.3, -0.25) is 0 Å². The molecule has 2 aromatic heterocycles. The third kappa shape index (κ3) is 1.84. The van der Waals surface area contributed by atoms with Gasteiger partial charge in [0.25, 0.3) is 0 Å². The summed E-state index contributed by atoms with van der Waals surface area (Å²) < 4.78 is 9.08. The Morgan fingerprint density at radius 3 is 2.88 bits per heavy atom. The number of ether oxygens (including phenoxy) is 1. The molecule has 0 atom stereocenters. The summed E-state index contributed by atoms with van der Waals surface area (Å²) in [4.78, 5) is 13.6. The lowest BCUT2D eigenvalue weighted by atomic mass is 10.1. The molecule has 2 rings (SSSR count). The van der Waals surface area contributed by atoms with E-state index in [9.17, 15) is 10.1 Å². The van der Waals surface area contributed by atoms with Gasteiger partial charge in [0.15, 0.2) is 0 Å². The molecule has 16 heavy (non-hydrogen) atoms. The zero-order valence-electron chi connectivity index (χ0n) is 8.28. The molecular weight excluding hydrogens is 230 g/mol. The SMILES string of the molecule is COc1nscc1-c1ccc([N+](=O)[O-])nc1. The van der Waals surface area contributed by atoms with Crippen LogP contribution in [0.25, 0.3) is 11.1 Å². The molecule has 82 valence electrons. The molecule has 0 aliphatic carbocycles. The van der Waals surface area contributed by atoms with Gasteiger partial charge in [-0.1, -0.05) is 0 Å². The summed E-state index contributed by atoms with van der Waals surface area (Å²) in [5.74, 6) is 0.326. The summed E-state index contributed by atoms with van der Waals surface area (Å²) in [7, 11) is 1.53. The molecule has 0 aliphatic rings. The van der Waals surface area contributed by atoms with Crippen molar-refractivity contribution in [3.05, 3.63) is 33.8 Å². The molecule has 0 aliphatic heterocycles. The van der Waals surface area contributed by atoms with Crippen molar-refractivity contribution in [2.75, 3.05) is 7.11 Å². The van der Waals surface area contributed by atoms with Gasteiger partial charge in [0.05, 0.1) is 12.7 Å². The van der Waals surface area contributed by atoms with E-state index in [1.54, 1.807) is 6.07 Å².